The van der Waals surface area contributed by atoms with Gasteiger partial charge in [0.2, 0.25) is 0 Å². The van der Waals surface area contributed by atoms with Gasteiger partial charge in [-0.15, -0.1) is 0 Å². The van der Waals surface area contributed by atoms with Crippen LogP contribution in [0.5, 0.6) is 0 Å². The predicted octanol–water partition coefficient (Wildman–Crippen LogP) is 3.24. The van der Waals surface area contributed by atoms with Gasteiger partial charge in [-0.05, 0) is 40.0 Å². The topological polar surface area (TPSA) is 26.3 Å². The fraction of sp³-hybridized carbons (Fsp3) is 0.583. The molecule has 0 atom stereocenters. The number of carbonyl (C=O) groups excluding carboxylic acids is 1. The lowest BCUT2D eigenvalue weighted by Crippen LogP contribution is -2.06. The van der Waals surface area contributed by atoms with Crippen molar-refractivity contribution < 1.29 is 9.53 Å². The lowest BCUT2D eigenvalue weighted by Gasteiger charge is -2.03. The summed E-state index contributed by atoms with van der Waals surface area (Å²) < 4.78 is 5.04. The Balaban J connectivity index is 3.41. The highest BCUT2D eigenvalue weighted by Crippen LogP contribution is 2.00. The van der Waals surface area contributed by atoms with Crippen molar-refractivity contribution in [2.45, 2.75) is 40.0 Å². The molecule has 14 heavy (non-hydrogen) atoms. The SMILES string of the molecule is C/C=C/CCCCOC(=O)/C(C)=C/C. The van der Waals surface area contributed by atoms with Gasteiger partial charge >= 0.3 is 5.97 Å². The van der Waals surface area contributed by atoms with Crippen LogP contribution in [-0.2, 0) is 9.53 Å². The largest absolute Gasteiger partial charge is 0.462 e. The number of rotatable bonds is 6. The minimum absolute atomic E-state index is 0.196. The number of unbranched alkanes of at least 4 members (excludes halogenated alkanes) is 2. The Morgan fingerprint density at radius 3 is 2.57 bits per heavy atom. The average molecular weight is 196 g/mol. The minimum atomic E-state index is -0.196. The van der Waals surface area contributed by atoms with Crippen LogP contribution in [0.4, 0.5) is 0 Å². The number of carbonyl (C=O) groups is 1. The van der Waals surface area contributed by atoms with Crippen molar-refractivity contribution in [1.82, 2.24) is 0 Å². The Hall–Kier alpha value is -1.05. The summed E-state index contributed by atoms with van der Waals surface area (Å²) in [6, 6.07) is 0. The van der Waals surface area contributed by atoms with E-state index in [4.69, 9.17) is 4.74 Å². The van der Waals surface area contributed by atoms with Crippen LogP contribution in [0.1, 0.15) is 40.0 Å². The van der Waals surface area contributed by atoms with Crippen molar-refractivity contribution in [3.05, 3.63) is 23.8 Å². The quantitative estimate of drug-likeness (QED) is 0.282. The summed E-state index contributed by atoms with van der Waals surface area (Å²) >= 11 is 0. The molecular weight excluding hydrogens is 176 g/mol. The first-order chi connectivity index (χ1) is 6.72. The van der Waals surface area contributed by atoms with Crippen LogP contribution in [0.2, 0.25) is 0 Å². The van der Waals surface area contributed by atoms with Gasteiger partial charge in [0, 0.05) is 5.57 Å². The van der Waals surface area contributed by atoms with Gasteiger partial charge in [-0.2, -0.15) is 0 Å². The number of hydrogen-bond donors (Lipinski definition) is 0. The van der Waals surface area contributed by atoms with E-state index < -0.39 is 0 Å². The van der Waals surface area contributed by atoms with Gasteiger partial charge in [0.15, 0.2) is 0 Å². The Labute approximate surface area is 86.6 Å². The second-order valence-corrected chi connectivity index (χ2v) is 3.17. The Bertz CT molecular complexity index is 214. The highest BCUT2D eigenvalue weighted by Gasteiger charge is 2.02. The van der Waals surface area contributed by atoms with E-state index >= 15 is 0 Å². The molecule has 0 rings (SSSR count). The van der Waals surface area contributed by atoms with Crippen molar-refractivity contribution >= 4 is 5.97 Å². The van der Waals surface area contributed by atoms with Gasteiger partial charge in [-0.3, -0.25) is 0 Å². The third kappa shape index (κ3) is 6.46. The molecule has 0 unspecified atom stereocenters. The number of hydrogen-bond acceptors (Lipinski definition) is 2. The van der Waals surface area contributed by atoms with E-state index in [-0.39, 0.29) is 5.97 Å². The van der Waals surface area contributed by atoms with E-state index in [1.807, 2.05) is 19.9 Å². The third-order valence-electron chi connectivity index (χ3n) is 1.99. The molecule has 0 N–H and O–H groups in total. The van der Waals surface area contributed by atoms with Crippen LogP contribution in [0.25, 0.3) is 0 Å². The fourth-order valence-electron chi connectivity index (χ4n) is 0.927. The highest BCUT2D eigenvalue weighted by atomic mass is 16.5. The highest BCUT2D eigenvalue weighted by molar-refractivity contribution is 5.87. The molecule has 0 radical (unpaired) electrons. The summed E-state index contributed by atoms with van der Waals surface area (Å²) in [5.74, 6) is -0.196. The molecule has 0 aromatic rings. The first kappa shape index (κ1) is 12.9. The molecule has 0 aliphatic rings. The smallest absolute Gasteiger partial charge is 0.333 e. The third-order valence-corrected chi connectivity index (χ3v) is 1.99. The first-order valence-electron chi connectivity index (χ1n) is 5.13. The average Bonchev–Trinajstić information content (AvgIpc) is 2.21. The van der Waals surface area contributed by atoms with Crippen LogP contribution in [0, 0.1) is 0 Å². The minimum Gasteiger partial charge on any atom is -0.462 e. The van der Waals surface area contributed by atoms with E-state index in [0.29, 0.717) is 12.2 Å². The number of ether oxygens (including phenoxy) is 1. The molecule has 0 aliphatic heterocycles. The molecule has 2 nitrogen and oxygen atoms in total. The van der Waals surface area contributed by atoms with Crippen molar-refractivity contribution in [3.63, 3.8) is 0 Å². The monoisotopic (exact) mass is 196 g/mol. The van der Waals surface area contributed by atoms with Gasteiger partial charge in [0.05, 0.1) is 6.61 Å². The summed E-state index contributed by atoms with van der Waals surface area (Å²) in [5.41, 5.74) is 0.679. The molecule has 0 aliphatic carbocycles. The molecule has 2 heteroatoms. The lowest BCUT2D eigenvalue weighted by molar-refractivity contribution is -0.139. The lowest BCUT2D eigenvalue weighted by atomic mass is 10.2. The Morgan fingerprint density at radius 2 is 2.00 bits per heavy atom. The zero-order valence-electron chi connectivity index (χ0n) is 9.38. The van der Waals surface area contributed by atoms with E-state index in [0.717, 1.165) is 19.3 Å². The predicted molar refractivity (Wildman–Crippen MR) is 59.1 cm³/mol. The van der Waals surface area contributed by atoms with E-state index in [1.165, 1.54) is 0 Å². The molecule has 0 aromatic carbocycles. The van der Waals surface area contributed by atoms with Crippen LogP contribution >= 0.6 is 0 Å². The van der Waals surface area contributed by atoms with Crippen molar-refractivity contribution in [3.8, 4) is 0 Å². The van der Waals surface area contributed by atoms with E-state index in [9.17, 15) is 4.79 Å². The summed E-state index contributed by atoms with van der Waals surface area (Å²) in [6.45, 7) is 6.14. The maximum atomic E-state index is 11.2. The fourth-order valence-corrected chi connectivity index (χ4v) is 0.927. The molecule has 0 heterocycles. The molecule has 0 fully saturated rings. The number of esters is 1. The van der Waals surface area contributed by atoms with Gasteiger partial charge < -0.3 is 4.74 Å². The van der Waals surface area contributed by atoms with Crippen molar-refractivity contribution in [1.29, 1.82) is 0 Å². The molecule has 0 spiro atoms. The van der Waals surface area contributed by atoms with Crippen molar-refractivity contribution in [2.24, 2.45) is 0 Å². The van der Waals surface area contributed by atoms with E-state index in [2.05, 4.69) is 6.08 Å². The van der Waals surface area contributed by atoms with Crippen molar-refractivity contribution in [2.75, 3.05) is 6.61 Å². The van der Waals surface area contributed by atoms with Crippen LogP contribution in [0.15, 0.2) is 23.8 Å². The maximum absolute atomic E-state index is 11.2. The normalized spacial score (nSPS) is 12.1. The van der Waals surface area contributed by atoms with Gasteiger partial charge in [-0.25, -0.2) is 4.79 Å². The zero-order chi connectivity index (χ0) is 10.8. The number of allylic oxidation sites excluding steroid dienone is 3. The molecule has 0 saturated carbocycles. The Kier molecular flexibility index (Phi) is 7.90. The summed E-state index contributed by atoms with van der Waals surface area (Å²) in [4.78, 5) is 11.2. The molecule has 0 amide bonds. The van der Waals surface area contributed by atoms with Crippen LogP contribution in [-0.4, -0.2) is 12.6 Å². The van der Waals surface area contributed by atoms with Gasteiger partial charge in [0.25, 0.3) is 0 Å². The summed E-state index contributed by atoms with van der Waals surface area (Å²) in [5, 5.41) is 0. The van der Waals surface area contributed by atoms with Gasteiger partial charge in [0.1, 0.15) is 0 Å². The standard InChI is InChI=1S/C12H20O2/c1-4-6-7-8-9-10-14-12(13)11(3)5-2/h4-6H,7-10H2,1-3H3/b6-4+,11-5+. The molecular formula is C12H20O2. The second-order valence-electron chi connectivity index (χ2n) is 3.17. The molecule has 0 aromatic heterocycles. The van der Waals surface area contributed by atoms with Crippen LogP contribution in [0.3, 0.4) is 0 Å². The Morgan fingerprint density at radius 1 is 1.29 bits per heavy atom. The maximum Gasteiger partial charge on any atom is 0.333 e. The van der Waals surface area contributed by atoms with Crippen LogP contribution < -0.4 is 0 Å². The molecule has 80 valence electrons. The molecule has 0 bridgehead atoms. The summed E-state index contributed by atoms with van der Waals surface area (Å²) in [7, 11) is 0. The molecule has 0 saturated heterocycles. The second kappa shape index (κ2) is 8.54. The zero-order valence-corrected chi connectivity index (χ0v) is 9.38. The summed E-state index contributed by atoms with van der Waals surface area (Å²) in [6.07, 6.45) is 9.01. The first-order valence-corrected chi connectivity index (χ1v) is 5.13. The van der Waals surface area contributed by atoms with Gasteiger partial charge in [-0.1, -0.05) is 18.2 Å². The van der Waals surface area contributed by atoms with E-state index in [1.54, 1.807) is 13.0 Å².